The fourth-order valence-corrected chi connectivity index (χ4v) is 1.67. The van der Waals surface area contributed by atoms with Crippen molar-refractivity contribution in [2.24, 2.45) is 0 Å². The number of benzene rings is 1. The van der Waals surface area contributed by atoms with Crippen LogP contribution >= 0.6 is 0 Å². The van der Waals surface area contributed by atoms with Crippen LogP contribution in [0.3, 0.4) is 0 Å². The van der Waals surface area contributed by atoms with Gasteiger partial charge in [-0.05, 0) is 11.6 Å². The van der Waals surface area contributed by atoms with Crippen molar-refractivity contribution in [2.45, 2.75) is 18.8 Å². The predicted octanol–water partition coefficient (Wildman–Crippen LogP) is 2.38. The second-order valence-corrected chi connectivity index (χ2v) is 3.28. The van der Waals surface area contributed by atoms with Gasteiger partial charge < -0.3 is 5.32 Å². The van der Waals surface area contributed by atoms with E-state index in [1.165, 1.54) is 0 Å². The monoisotopic (exact) mass is 197 g/mol. The Hall–Kier alpha value is -1.45. The first-order valence-electron chi connectivity index (χ1n) is 4.35. The molecule has 1 N–H and O–H groups in total. The lowest BCUT2D eigenvalue weighted by Gasteiger charge is -2.24. The molecular weight excluding hydrogens is 188 g/mol. The molecule has 1 aromatic rings. The normalized spacial score (nSPS) is 20.5. The number of anilines is 1. The van der Waals surface area contributed by atoms with Crippen LogP contribution in [0.2, 0.25) is 0 Å². The van der Waals surface area contributed by atoms with Crippen molar-refractivity contribution in [1.29, 1.82) is 0 Å². The molecule has 1 amide bonds. The molecule has 0 aromatic heterocycles. The van der Waals surface area contributed by atoms with Crippen LogP contribution in [0, 0.1) is 0 Å². The SMILES string of the molecule is O=C1CC(C(F)F)c2ccccc2N1. The van der Waals surface area contributed by atoms with Crippen LogP contribution in [-0.4, -0.2) is 12.3 Å². The minimum atomic E-state index is -2.48. The van der Waals surface area contributed by atoms with E-state index in [2.05, 4.69) is 5.32 Å². The average Bonchev–Trinajstić information content (AvgIpc) is 2.16. The molecule has 0 aliphatic carbocycles. The highest BCUT2D eigenvalue weighted by atomic mass is 19.3. The van der Waals surface area contributed by atoms with Crippen LogP contribution in [0.15, 0.2) is 24.3 Å². The van der Waals surface area contributed by atoms with Crippen molar-refractivity contribution in [3.05, 3.63) is 29.8 Å². The van der Waals surface area contributed by atoms with Crippen molar-refractivity contribution in [3.8, 4) is 0 Å². The van der Waals surface area contributed by atoms with Gasteiger partial charge in [-0.15, -0.1) is 0 Å². The largest absolute Gasteiger partial charge is 0.326 e. The van der Waals surface area contributed by atoms with Gasteiger partial charge in [0, 0.05) is 12.1 Å². The molecule has 1 unspecified atom stereocenters. The Kier molecular flexibility index (Phi) is 2.19. The Labute approximate surface area is 79.9 Å². The predicted molar refractivity (Wildman–Crippen MR) is 48.4 cm³/mol. The van der Waals surface area contributed by atoms with Crippen LogP contribution in [-0.2, 0) is 4.79 Å². The summed E-state index contributed by atoms with van der Waals surface area (Å²) in [6.07, 6.45) is -2.61. The second-order valence-electron chi connectivity index (χ2n) is 3.28. The molecular formula is C10H9F2NO. The van der Waals surface area contributed by atoms with Crippen molar-refractivity contribution < 1.29 is 13.6 Å². The Morgan fingerprint density at radius 3 is 2.79 bits per heavy atom. The fraction of sp³-hybridized carbons (Fsp3) is 0.300. The summed E-state index contributed by atoms with van der Waals surface area (Å²) >= 11 is 0. The van der Waals surface area contributed by atoms with Crippen molar-refractivity contribution >= 4 is 11.6 Å². The quantitative estimate of drug-likeness (QED) is 0.735. The molecule has 14 heavy (non-hydrogen) atoms. The van der Waals surface area contributed by atoms with Crippen LogP contribution < -0.4 is 5.32 Å². The first-order valence-corrected chi connectivity index (χ1v) is 4.35. The number of nitrogens with one attached hydrogen (secondary N) is 1. The zero-order valence-corrected chi connectivity index (χ0v) is 7.34. The topological polar surface area (TPSA) is 29.1 Å². The fourth-order valence-electron chi connectivity index (χ4n) is 1.67. The number of hydrogen-bond acceptors (Lipinski definition) is 1. The van der Waals surface area contributed by atoms with E-state index >= 15 is 0 Å². The summed E-state index contributed by atoms with van der Waals surface area (Å²) in [6.45, 7) is 0. The van der Waals surface area contributed by atoms with Crippen LogP contribution in [0.25, 0.3) is 0 Å². The van der Waals surface area contributed by atoms with E-state index in [9.17, 15) is 13.6 Å². The summed E-state index contributed by atoms with van der Waals surface area (Å²) in [5.41, 5.74) is 1.04. The van der Waals surface area contributed by atoms with Gasteiger partial charge in [-0.2, -0.15) is 0 Å². The zero-order valence-electron chi connectivity index (χ0n) is 7.34. The van der Waals surface area contributed by atoms with Gasteiger partial charge in [-0.3, -0.25) is 4.79 Å². The van der Waals surface area contributed by atoms with E-state index in [1.807, 2.05) is 0 Å². The molecule has 2 rings (SSSR count). The lowest BCUT2D eigenvalue weighted by molar-refractivity contribution is -0.117. The van der Waals surface area contributed by atoms with Gasteiger partial charge in [0.15, 0.2) is 0 Å². The van der Waals surface area contributed by atoms with Crippen molar-refractivity contribution in [3.63, 3.8) is 0 Å². The molecule has 1 atom stereocenters. The number of alkyl halides is 2. The maximum absolute atomic E-state index is 12.6. The molecule has 4 heteroatoms. The van der Waals surface area contributed by atoms with E-state index in [0.29, 0.717) is 11.3 Å². The van der Waals surface area contributed by atoms with E-state index in [4.69, 9.17) is 0 Å². The molecule has 0 bridgehead atoms. The highest BCUT2D eigenvalue weighted by molar-refractivity contribution is 5.94. The number of amides is 1. The molecule has 1 aliphatic heterocycles. The summed E-state index contributed by atoms with van der Waals surface area (Å²) in [5.74, 6) is -1.30. The molecule has 0 saturated heterocycles. The van der Waals surface area contributed by atoms with E-state index in [-0.39, 0.29) is 12.3 Å². The van der Waals surface area contributed by atoms with Gasteiger partial charge in [0.05, 0.1) is 5.92 Å². The summed E-state index contributed by atoms with van der Waals surface area (Å²) in [6, 6.07) is 6.69. The number of halogens is 2. The van der Waals surface area contributed by atoms with Gasteiger partial charge in [-0.25, -0.2) is 8.78 Å². The number of para-hydroxylation sites is 1. The van der Waals surface area contributed by atoms with Gasteiger partial charge in [0.1, 0.15) is 0 Å². The second kappa shape index (κ2) is 3.36. The van der Waals surface area contributed by atoms with Gasteiger partial charge >= 0.3 is 0 Å². The molecule has 1 heterocycles. The molecule has 0 spiro atoms. The number of carbonyl (C=O) groups excluding carboxylic acids is 1. The Morgan fingerprint density at radius 1 is 1.36 bits per heavy atom. The highest BCUT2D eigenvalue weighted by Crippen LogP contribution is 2.35. The number of rotatable bonds is 1. The standard InChI is InChI=1S/C10H9F2NO/c11-10(12)7-5-9(14)13-8-4-2-1-3-6(7)8/h1-4,7,10H,5H2,(H,13,14). The summed E-state index contributed by atoms with van der Waals surface area (Å²) in [7, 11) is 0. The van der Waals surface area contributed by atoms with Crippen molar-refractivity contribution in [2.75, 3.05) is 5.32 Å². The minimum absolute atomic E-state index is 0.130. The van der Waals surface area contributed by atoms with Crippen LogP contribution in [0.4, 0.5) is 14.5 Å². The first-order chi connectivity index (χ1) is 6.68. The number of carbonyl (C=O) groups is 1. The molecule has 0 fully saturated rings. The summed E-state index contributed by atoms with van der Waals surface area (Å²) in [4.78, 5) is 11.1. The molecule has 0 radical (unpaired) electrons. The zero-order chi connectivity index (χ0) is 10.1. The van der Waals surface area contributed by atoms with Gasteiger partial charge in [-0.1, -0.05) is 18.2 Å². The maximum Gasteiger partial charge on any atom is 0.245 e. The smallest absolute Gasteiger partial charge is 0.245 e. The van der Waals surface area contributed by atoms with E-state index in [0.717, 1.165) is 0 Å². The molecule has 1 aliphatic rings. The van der Waals surface area contributed by atoms with Gasteiger partial charge in [0.2, 0.25) is 12.3 Å². The lowest BCUT2D eigenvalue weighted by Crippen LogP contribution is -2.26. The maximum atomic E-state index is 12.6. The van der Waals surface area contributed by atoms with E-state index in [1.54, 1.807) is 24.3 Å². The number of hydrogen-bond donors (Lipinski definition) is 1. The van der Waals surface area contributed by atoms with Crippen molar-refractivity contribution in [1.82, 2.24) is 0 Å². The van der Waals surface area contributed by atoms with Crippen LogP contribution in [0.1, 0.15) is 17.9 Å². The van der Waals surface area contributed by atoms with Gasteiger partial charge in [0.25, 0.3) is 0 Å². The molecule has 2 nitrogen and oxygen atoms in total. The summed E-state index contributed by atoms with van der Waals surface area (Å²) < 4.78 is 25.2. The first kappa shape index (κ1) is 9.12. The Morgan fingerprint density at radius 2 is 2.07 bits per heavy atom. The molecule has 74 valence electrons. The minimum Gasteiger partial charge on any atom is -0.326 e. The Bertz CT molecular complexity index is 365. The third kappa shape index (κ3) is 1.47. The average molecular weight is 197 g/mol. The highest BCUT2D eigenvalue weighted by Gasteiger charge is 2.31. The number of fused-ring (bicyclic) bond motifs is 1. The lowest BCUT2D eigenvalue weighted by atomic mass is 9.91. The summed E-state index contributed by atoms with van der Waals surface area (Å²) in [5, 5.41) is 2.57. The third-order valence-electron chi connectivity index (χ3n) is 2.34. The molecule has 1 aromatic carbocycles. The molecule has 0 saturated carbocycles. The third-order valence-corrected chi connectivity index (χ3v) is 2.34. The Balaban J connectivity index is 2.43. The van der Waals surface area contributed by atoms with Crippen LogP contribution in [0.5, 0.6) is 0 Å². The van der Waals surface area contributed by atoms with E-state index < -0.39 is 12.3 Å².